The minimum Gasteiger partial charge on any atom is -0.195 e. The van der Waals surface area contributed by atoms with Crippen molar-refractivity contribution in [1.82, 2.24) is 0 Å². The van der Waals surface area contributed by atoms with Gasteiger partial charge in [-0.15, -0.1) is 0 Å². The summed E-state index contributed by atoms with van der Waals surface area (Å²) in [5.74, 6) is 0. The lowest BCUT2D eigenvalue weighted by molar-refractivity contribution is 1.37. The molecule has 17 aromatic rings. The molecular weight excluding hydrogens is 1400 g/mol. The summed E-state index contributed by atoms with van der Waals surface area (Å²) in [5.41, 5.74) is 10.7. The maximum Gasteiger partial charge on any atom is 0.238 e. The highest BCUT2D eigenvalue weighted by atomic mass is 32.2. The minimum absolute atomic E-state index is 0.590. The third-order valence-corrected chi connectivity index (χ3v) is 33.2. The molecule has 0 atom stereocenters. The van der Waals surface area contributed by atoms with E-state index in [1.165, 1.54) is 95.1 Å². The molecule has 0 saturated heterocycles. The molecule has 0 unspecified atom stereocenters. The number of rotatable bonds is 20. The molecule has 17 aromatic carbocycles. The smallest absolute Gasteiger partial charge is 0.195 e. The van der Waals surface area contributed by atoms with Gasteiger partial charge in [0.05, 0.1) is 0 Å². The molecule has 0 amide bonds. The maximum absolute atomic E-state index is 6.22. The summed E-state index contributed by atoms with van der Waals surface area (Å²) in [6.45, 7) is 0. The van der Waals surface area contributed by atoms with Crippen LogP contribution in [0.15, 0.2) is 537 Å². The molecule has 2 nitrogen and oxygen atoms in total. The average molecular weight is 1490 g/mol. The first-order valence-electron chi connectivity index (χ1n) is 37.6. The molecule has 0 fully saturated rings. The Balaban J connectivity index is 0.000000156. The van der Waals surface area contributed by atoms with E-state index in [2.05, 4.69) is 510 Å². The van der Waals surface area contributed by atoms with Crippen molar-refractivity contribution in [2.24, 2.45) is 8.28 Å². The summed E-state index contributed by atoms with van der Waals surface area (Å²) in [6.07, 6.45) is -2.43. The predicted molar refractivity (Wildman–Crippen MR) is 482 cm³/mol. The van der Waals surface area contributed by atoms with Crippen LogP contribution in [0.2, 0.25) is 0 Å². The van der Waals surface area contributed by atoms with Gasteiger partial charge in [0.1, 0.15) is 35.3 Å². The van der Waals surface area contributed by atoms with Crippen LogP contribution in [0.3, 0.4) is 0 Å². The second kappa shape index (κ2) is 35.8. The largest absolute Gasteiger partial charge is 0.238 e. The van der Waals surface area contributed by atoms with Crippen LogP contribution in [0.4, 0.5) is 0 Å². The van der Waals surface area contributed by atoms with Crippen LogP contribution in [-0.2, 0) is 21.8 Å². The fraction of sp³-hybridized carbons (Fsp3) is 0. The Kier molecular flexibility index (Phi) is 24.0. The lowest BCUT2D eigenvalue weighted by Crippen LogP contribution is -2.74. The molecule has 0 aromatic heterocycles. The molecule has 0 saturated carbocycles. The zero-order chi connectivity index (χ0) is 74.4. The molecule has 530 valence electrons. The van der Waals surface area contributed by atoms with Gasteiger partial charge >= 0.3 is 0 Å². The number of hydrogen-bond donors (Lipinski definition) is 0. The normalized spacial score (nSPS) is 11.4. The van der Waals surface area contributed by atoms with Gasteiger partial charge in [-0.2, -0.15) is 43.7 Å². The molecule has 110 heavy (non-hydrogen) atoms. The molecule has 0 N–H and O–H groups in total. The topological polar surface area (TPSA) is 24.7 Å². The van der Waals surface area contributed by atoms with Gasteiger partial charge in [-0.1, -0.05) is 421 Å². The highest BCUT2D eigenvalue weighted by molar-refractivity contribution is 8.03. The van der Waals surface area contributed by atoms with Crippen molar-refractivity contribution < 1.29 is 0 Å². The molecule has 0 radical (unpaired) electrons. The van der Waals surface area contributed by atoms with Gasteiger partial charge in [0.25, 0.3) is 0 Å². The van der Waals surface area contributed by atoms with Crippen molar-refractivity contribution in [3.05, 3.63) is 510 Å². The Labute approximate surface area is 656 Å². The van der Waals surface area contributed by atoms with Crippen LogP contribution in [0.25, 0.3) is 0 Å². The van der Waals surface area contributed by atoms with Crippen molar-refractivity contribution in [3.8, 4) is 0 Å². The molecule has 0 spiro atoms. The highest BCUT2D eigenvalue weighted by Gasteiger charge is 2.48. The number of benzene rings is 17. The summed E-state index contributed by atoms with van der Waals surface area (Å²) in [4.78, 5) is 4.79. The fourth-order valence-corrected chi connectivity index (χ4v) is 29.1. The van der Waals surface area contributed by atoms with E-state index in [4.69, 9.17) is 8.28 Å². The molecule has 0 aliphatic carbocycles. The number of hydrogen-bond acceptors (Lipinski definition) is 2. The van der Waals surface area contributed by atoms with Gasteiger partial charge in [-0.05, 0) is 97.1 Å². The second-order valence-electron chi connectivity index (χ2n) is 27.1. The number of nitrogens with zero attached hydrogens (tertiary/aromatic N) is 2. The average Bonchev–Trinajstić information content (AvgIpc) is 0.747. The summed E-state index contributed by atoms with van der Waals surface area (Å²) in [5, 5.41) is 7.30. The van der Waals surface area contributed by atoms with E-state index in [0.29, 0.717) is 0 Å². The zero-order valence-corrected chi connectivity index (χ0v) is 64.7. The summed E-state index contributed by atoms with van der Waals surface area (Å²) in [6, 6.07) is 184. The molecule has 0 heterocycles. The molecule has 0 aliphatic rings. The molecule has 0 bridgehead atoms. The van der Waals surface area contributed by atoms with Gasteiger partial charge < -0.3 is 0 Å². The van der Waals surface area contributed by atoms with Gasteiger partial charge in [0.2, 0.25) is 18.5 Å². The third kappa shape index (κ3) is 15.6. The Morgan fingerprint density at radius 3 is 0.636 bits per heavy atom. The van der Waals surface area contributed by atoms with E-state index >= 15 is 0 Å². The zero-order valence-electron chi connectivity index (χ0n) is 61.3. The van der Waals surface area contributed by atoms with Crippen LogP contribution < -0.4 is 75.5 Å². The standard InChI is InChI=1S/C54H44N2P2S2.2C24H20B/c1-9-25-45(26-10-1)57(46-27-11-2-12-28-46,55-59(51-33-17-5-18-34-51)52-35-19-6-20-36-52)49-41-43-50(44-42-49)58(47-29-13-3-14-30-47,48-31-15-4-16-32-48)56-60(53-37-21-7-22-38-53)54-39-23-8-24-40-54;2*1-5-13-21(14-6-1)25(22-15-7-2-8-16-22,23-17-9-3-10-18-23)24-19-11-4-12-20-24/h1-44H;2*1-20H/q+2;2*-1. The first kappa shape index (κ1) is 73.5. The summed E-state index contributed by atoms with van der Waals surface area (Å²) < 4.78 is 12.4. The van der Waals surface area contributed by atoms with Gasteiger partial charge in [0, 0.05) is 36.4 Å². The van der Waals surface area contributed by atoms with E-state index in [1.807, 2.05) is 0 Å². The van der Waals surface area contributed by atoms with Crippen molar-refractivity contribution in [2.45, 2.75) is 19.6 Å². The van der Waals surface area contributed by atoms with E-state index in [0.717, 1.165) is 0 Å². The van der Waals surface area contributed by atoms with Crippen LogP contribution in [0.5, 0.6) is 0 Å². The Morgan fingerprint density at radius 2 is 0.391 bits per heavy atom. The molecule has 8 heteroatoms. The Hall–Kier alpha value is -12.0. The van der Waals surface area contributed by atoms with Crippen molar-refractivity contribution in [1.29, 1.82) is 0 Å². The van der Waals surface area contributed by atoms with E-state index in [-0.39, 0.29) is 0 Å². The predicted octanol–water partition coefficient (Wildman–Crippen LogP) is 18.1. The van der Waals surface area contributed by atoms with Crippen molar-refractivity contribution >= 4 is 124 Å². The van der Waals surface area contributed by atoms with Crippen molar-refractivity contribution in [3.63, 3.8) is 0 Å². The van der Waals surface area contributed by atoms with E-state index < -0.39 is 48.5 Å². The minimum atomic E-state index is -2.66. The summed E-state index contributed by atoms with van der Waals surface area (Å²) >= 11 is -0.590. The summed E-state index contributed by atoms with van der Waals surface area (Å²) in [7, 11) is -5.91. The van der Waals surface area contributed by atoms with Crippen LogP contribution in [0.1, 0.15) is 0 Å². The monoisotopic (exact) mass is 1480 g/mol. The van der Waals surface area contributed by atoms with E-state index in [9.17, 15) is 0 Å². The van der Waals surface area contributed by atoms with Crippen LogP contribution in [-0.4, -0.2) is 12.3 Å². The SMILES string of the molecule is c1ccc(S(=N[P+](c2ccccc2)(c2ccccc2)c2ccc(P(=N[S+](c3ccccc3)c3ccccc3)(c3ccccc3)c3ccccc3)cc2)c2ccccc2)cc1.c1ccc([B-](c2ccccc2)(c2ccccc2)c2ccccc2)cc1.c1ccc([B-](c2ccccc2)(c2ccccc2)c2ccccc2)cc1. The molecule has 0 aliphatic heterocycles. The highest BCUT2D eigenvalue weighted by Crippen LogP contribution is 2.59. The lowest BCUT2D eigenvalue weighted by Gasteiger charge is -2.44. The van der Waals surface area contributed by atoms with E-state index in [1.54, 1.807) is 0 Å². The molecule has 17 rings (SSSR count). The third-order valence-electron chi connectivity index (χ3n) is 20.8. The van der Waals surface area contributed by atoms with Gasteiger partial charge in [-0.3, -0.25) is 0 Å². The van der Waals surface area contributed by atoms with Crippen molar-refractivity contribution in [2.75, 3.05) is 0 Å². The quantitative estimate of drug-likeness (QED) is 0.0413. The van der Waals surface area contributed by atoms with Crippen LogP contribution >= 0.6 is 14.5 Å². The molecular formula is C102H84B2N2P2S2. The lowest BCUT2D eigenvalue weighted by atomic mass is 9.13. The Bertz CT molecular complexity index is 5060. The maximum atomic E-state index is 6.22. The fourth-order valence-electron chi connectivity index (χ4n) is 15.8. The van der Waals surface area contributed by atoms with Crippen LogP contribution in [0, 0.1) is 0 Å². The Morgan fingerprint density at radius 1 is 0.200 bits per heavy atom. The first-order valence-corrected chi connectivity index (χ1v) is 43.5. The first-order chi connectivity index (χ1) is 54.6. The second-order valence-corrected chi connectivity index (χ2v) is 37.1. The van der Waals surface area contributed by atoms with Gasteiger partial charge in [-0.25, -0.2) is 0 Å². The van der Waals surface area contributed by atoms with Gasteiger partial charge in [0.15, 0.2) is 9.79 Å².